The van der Waals surface area contributed by atoms with Gasteiger partial charge in [-0.3, -0.25) is 15.0 Å². The molecule has 1 amide bonds. The molecular weight excluding hydrogens is 409 g/mol. The van der Waals surface area contributed by atoms with Gasteiger partial charge in [-0.05, 0) is 39.0 Å². The van der Waals surface area contributed by atoms with E-state index in [0.29, 0.717) is 0 Å². The average Bonchev–Trinajstić information content (AvgIpc) is 2.59. The van der Waals surface area contributed by atoms with E-state index in [1.807, 2.05) is 0 Å². The number of carbonyl (C=O) groups is 1. The Kier molecular flexibility index (Phi) is 6.44. The fraction of sp³-hybridized carbons (Fsp3) is 0.316. The van der Waals surface area contributed by atoms with Gasteiger partial charge in [-0.15, -0.1) is 13.2 Å². The third-order valence-electron chi connectivity index (χ3n) is 3.69. The molecule has 0 aliphatic carbocycles. The van der Waals surface area contributed by atoms with Crippen LogP contribution in [0.5, 0.6) is 17.2 Å². The Balaban J connectivity index is 2.47. The van der Waals surface area contributed by atoms with Crippen LogP contribution in [0, 0.1) is 10.1 Å². The molecule has 0 aliphatic rings. The van der Waals surface area contributed by atoms with E-state index >= 15 is 0 Å². The standard InChI is InChI=1S/C19H19F3N2O6/c1-18(2,3)23(17(25)28-4)16-11-13(8-9-15(16)24(26)27)29-12-6-5-7-14(10-12)30-19(20,21)22/h5-11H,1-4H3. The third kappa shape index (κ3) is 5.75. The summed E-state index contributed by atoms with van der Waals surface area (Å²) in [6.07, 6.45) is -5.70. The molecule has 0 atom stereocenters. The Hall–Kier alpha value is -3.50. The van der Waals surface area contributed by atoms with Crippen LogP contribution >= 0.6 is 0 Å². The number of nitro groups is 1. The topological polar surface area (TPSA) is 91.1 Å². The number of anilines is 1. The summed E-state index contributed by atoms with van der Waals surface area (Å²) in [5.74, 6) is -0.442. The molecule has 2 rings (SSSR count). The van der Waals surface area contributed by atoms with E-state index in [4.69, 9.17) is 9.47 Å². The number of methoxy groups -OCH3 is 1. The van der Waals surface area contributed by atoms with Gasteiger partial charge in [0.15, 0.2) is 0 Å². The summed E-state index contributed by atoms with van der Waals surface area (Å²) in [7, 11) is 1.14. The van der Waals surface area contributed by atoms with Gasteiger partial charge in [-0.2, -0.15) is 0 Å². The number of halogens is 3. The highest BCUT2D eigenvalue weighted by molar-refractivity contribution is 5.92. The highest BCUT2D eigenvalue weighted by atomic mass is 19.4. The Morgan fingerprint density at radius 1 is 1.03 bits per heavy atom. The molecule has 0 saturated carbocycles. The summed E-state index contributed by atoms with van der Waals surface area (Å²) >= 11 is 0. The van der Waals surface area contributed by atoms with E-state index in [9.17, 15) is 28.1 Å². The van der Waals surface area contributed by atoms with Crippen molar-refractivity contribution >= 4 is 17.5 Å². The van der Waals surface area contributed by atoms with Crippen molar-refractivity contribution in [2.45, 2.75) is 32.7 Å². The first-order valence-electron chi connectivity index (χ1n) is 8.52. The van der Waals surface area contributed by atoms with Gasteiger partial charge < -0.3 is 14.2 Å². The SMILES string of the molecule is COC(=O)N(c1cc(Oc2cccc(OC(F)(F)F)c2)ccc1[N+](=O)[O-])C(C)(C)C. The lowest BCUT2D eigenvalue weighted by Crippen LogP contribution is -2.46. The summed E-state index contributed by atoms with van der Waals surface area (Å²) < 4.78 is 51.3. The first-order chi connectivity index (χ1) is 13.8. The van der Waals surface area contributed by atoms with Crippen LogP contribution in [0.15, 0.2) is 42.5 Å². The van der Waals surface area contributed by atoms with E-state index in [1.54, 1.807) is 20.8 Å². The second-order valence-corrected chi connectivity index (χ2v) is 7.01. The fourth-order valence-electron chi connectivity index (χ4n) is 2.60. The van der Waals surface area contributed by atoms with Crippen LogP contribution in [0.25, 0.3) is 0 Å². The van der Waals surface area contributed by atoms with Crippen molar-refractivity contribution in [2.24, 2.45) is 0 Å². The van der Waals surface area contributed by atoms with Gasteiger partial charge in [-0.25, -0.2) is 4.79 Å². The van der Waals surface area contributed by atoms with Crippen molar-refractivity contribution in [3.63, 3.8) is 0 Å². The van der Waals surface area contributed by atoms with Crippen LogP contribution in [0.4, 0.5) is 29.3 Å². The number of hydrogen-bond acceptors (Lipinski definition) is 6. The summed E-state index contributed by atoms with van der Waals surface area (Å²) in [5.41, 5.74) is -1.37. The van der Waals surface area contributed by atoms with Crippen molar-refractivity contribution in [1.29, 1.82) is 0 Å². The van der Waals surface area contributed by atoms with Crippen LogP contribution in [-0.4, -0.2) is 30.0 Å². The molecule has 0 heterocycles. The highest BCUT2D eigenvalue weighted by Crippen LogP contribution is 2.38. The maximum Gasteiger partial charge on any atom is 0.573 e. The molecule has 2 aromatic rings. The lowest BCUT2D eigenvalue weighted by atomic mass is 10.0. The molecule has 0 aromatic heterocycles. The van der Waals surface area contributed by atoms with E-state index in [2.05, 4.69) is 4.74 Å². The zero-order valence-corrected chi connectivity index (χ0v) is 16.5. The molecule has 2 aromatic carbocycles. The number of nitro benzene ring substituents is 1. The Labute approximate surface area is 169 Å². The largest absolute Gasteiger partial charge is 0.573 e. The Morgan fingerprint density at radius 2 is 1.63 bits per heavy atom. The molecule has 11 heteroatoms. The molecule has 0 spiro atoms. The number of hydrogen-bond donors (Lipinski definition) is 0. The van der Waals surface area contributed by atoms with Crippen LogP contribution in [0.1, 0.15) is 20.8 Å². The zero-order valence-electron chi connectivity index (χ0n) is 16.5. The maximum absolute atomic E-state index is 12.4. The summed E-state index contributed by atoms with van der Waals surface area (Å²) in [6, 6.07) is 8.40. The molecule has 0 N–H and O–H groups in total. The van der Waals surface area contributed by atoms with Gasteiger partial charge >= 0.3 is 12.5 Å². The van der Waals surface area contributed by atoms with Crippen molar-refractivity contribution < 1.29 is 37.1 Å². The average molecular weight is 428 g/mol. The van der Waals surface area contributed by atoms with E-state index in [-0.39, 0.29) is 22.9 Å². The number of carbonyl (C=O) groups excluding carboxylic acids is 1. The van der Waals surface area contributed by atoms with Crippen molar-refractivity contribution in [3.8, 4) is 17.2 Å². The van der Waals surface area contributed by atoms with Crippen molar-refractivity contribution in [2.75, 3.05) is 12.0 Å². The molecule has 0 aliphatic heterocycles. The predicted octanol–water partition coefficient (Wildman–Crippen LogP) is 5.66. The smallest absolute Gasteiger partial charge is 0.457 e. The summed E-state index contributed by atoms with van der Waals surface area (Å²) in [4.78, 5) is 24.2. The highest BCUT2D eigenvalue weighted by Gasteiger charge is 2.34. The van der Waals surface area contributed by atoms with Gasteiger partial charge in [0, 0.05) is 23.7 Å². The van der Waals surface area contributed by atoms with Crippen LogP contribution in [-0.2, 0) is 4.74 Å². The summed E-state index contributed by atoms with van der Waals surface area (Å²) in [6.45, 7) is 4.96. The van der Waals surface area contributed by atoms with E-state index in [1.165, 1.54) is 24.3 Å². The molecule has 0 unspecified atom stereocenters. The van der Waals surface area contributed by atoms with Gasteiger partial charge in [0.25, 0.3) is 5.69 Å². The second kappa shape index (κ2) is 8.47. The first kappa shape index (κ1) is 22.8. The van der Waals surface area contributed by atoms with Crippen LogP contribution in [0.2, 0.25) is 0 Å². The number of alkyl halides is 3. The summed E-state index contributed by atoms with van der Waals surface area (Å²) in [5, 5.41) is 11.5. The van der Waals surface area contributed by atoms with Gasteiger partial charge in [0.05, 0.1) is 12.0 Å². The van der Waals surface area contributed by atoms with Crippen LogP contribution in [0.3, 0.4) is 0 Å². The fourth-order valence-corrected chi connectivity index (χ4v) is 2.60. The predicted molar refractivity (Wildman–Crippen MR) is 101 cm³/mol. The number of amides is 1. The molecule has 0 radical (unpaired) electrons. The Morgan fingerprint density at radius 3 is 2.17 bits per heavy atom. The minimum absolute atomic E-state index is 0.00284. The van der Waals surface area contributed by atoms with Gasteiger partial charge in [0.1, 0.15) is 22.9 Å². The molecule has 30 heavy (non-hydrogen) atoms. The maximum atomic E-state index is 12.4. The Bertz CT molecular complexity index is 941. The quantitative estimate of drug-likeness (QED) is 0.451. The molecular formula is C19H19F3N2O6. The zero-order chi connectivity index (χ0) is 22.7. The molecule has 0 bridgehead atoms. The minimum atomic E-state index is -4.87. The monoisotopic (exact) mass is 428 g/mol. The lowest BCUT2D eigenvalue weighted by Gasteiger charge is -2.33. The lowest BCUT2D eigenvalue weighted by molar-refractivity contribution is -0.384. The normalized spacial score (nSPS) is 11.6. The van der Waals surface area contributed by atoms with Crippen molar-refractivity contribution in [3.05, 3.63) is 52.6 Å². The third-order valence-corrected chi connectivity index (χ3v) is 3.69. The molecule has 0 saturated heterocycles. The second-order valence-electron chi connectivity index (χ2n) is 7.01. The van der Waals surface area contributed by atoms with E-state index < -0.39 is 28.7 Å². The number of rotatable bonds is 5. The number of nitrogens with zero attached hydrogens (tertiary/aromatic N) is 2. The van der Waals surface area contributed by atoms with Gasteiger partial charge in [-0.1, -0.05) is 6.07 Å². The minimum Gasteiger partial charge on any atom is -0.457 e. The van der Waals surface area contributed by atoms with E-state index in [0.717, 1.165) is 30.2 Å². The van der Waals surface area contributed by atoms with Crippen LogP contribution < -0.4 is 14.4 Å². The molecule has 8 nitrogen and oxygen atoms in total. The molecule has 162 valence electrons. The first-order valence-corrected chi connectivity index (χ1v) is 8.52. The van der Waals surface area contributed by atoms with Crippen molar-refractivity contribution in [1.82, 2.24) is 0 Å². The number of ether oxygens (including phenoxy) is 3. The number of benzene rings is 2. The molecule has 0 fully saturated rings. The van der Waals surface area contributed by atoms with Gasteiger partial charge in [0.2, 0.25) is 0 Å².